The second kappa shape index (κ2) is 5.96. The number of aryl methyl sites for hydroxylation is 1. The summed E-state index contributed by atoms with van der Waals surface area (Å²) in [4.78, 5) is 18.7. The van der Waals surface area contributed by atoms with Gasteiger partial charge in [0.1, 0.15) is 0 Å². The maximum Gasteiger partial charge on any atom is 0.236 e. The lowest BCUT2D eigenvalue weighted by Crippen LogP contribution is -2.36. The second-order valence-corrected chi connectivity index (χ2v) is 4.70. The summed E-state index contributed by atoms with van der Waals surface area (Å²) in [5.74, 6) is 0.122. The normalized spacial score (nSPS) is 12.5. The van der Waals surface area contributed by atoms with Crippen LogP contribution in [0.3, 0.4) is 0 Å². The minimum Gasteiger partial charge on any atom is -0.345 e. The summed E-state index contributed by atoms with van der Waals surface area (Å²) >= 11 is 1.62. The minimum atomic E-state index is 0.122. The van der Waals surface area contributed by atoms with Crippen LogP contribution in [0.2, 0.25) is 0 Å². The van der Waals surface area contributed by atoms with E-state index in [1.54, 1.807) is 16.2 Å². The van der Waals surface area contributed by atoms with Gasteiger partial charge in [-0.1, -0.05) is 0 Å². The van der Waals surface area contributed by atoms with Gasteiger partial charge in [-0.05, 0) is 20.8 Å². The summed E-state index contributed by atoms with van der Waals surface area (Å²) in [6.07, 6.45) is 0. The second-order valence-electron chi connectivity index (χ2n) is 3.81. The maximum atomic E-state index is 11.6. The summed E-state index contributed by atoms with van der Waals surface area (Å²) in [5, 5.41) is 3.22. The molecule has 0 aromatic carbocycles. The Labute approximate surface area is 101 Å². The lowest BCUT2D eigenvalue weighted by molar-refractivity contribution is -0.128. The third-order valence-corrected chi connectivity index (χ3v) is 3.75. The van der Waals surface area contributed by atoms with Crippen molar-refractivity contribution in [2.75, 3.05) is 20.1 Å². The van der Waals surface area contributed by atoms with Crippen molar-refractivity contribution < 1.29 is 4.79 Å². The van der Waals surface area contributed by atoms with Gasteiger partial charge in [-0.25, -0.2) is 4.98 Å². The number of carbonyl (C=O) groups is 1. The quantitative estimate of drug-likeness (QED) is 0.851. The molecule has 0 spiro atoms. The van der Waals surface area contributed by atoms with Gasteiger partial charge in [-0.3, -0.25) is 4.79 Å². The lowest BCUT2D eigenvalue weighted by Gasteiger charge is -2.17. The molecule has 0 bridgehead atoms. The smallest absolute Gasteiger partial charge is 0.236 e. The van der Waals surface area contributed by atoms with Gasteiger partial charge in [-0.15, -0.1) is 11.3 Å². The SMILES string of the molecule is CCN(C)C(=O)CNC(C)c1scnc1C. The third kappa shape index (κ3) is 3.28. The minimum absolute atomic E-state index is 0.122. The number of hydrogen-bond donors (Lipinski definition) is 1. The van der Waals surface area contributed by atoms with Gasteiger partial charge in [-0.2, -0.15) is 0 Å². The molecule has 1 unspecified atom stereocenters. The zero-order chi connectivity index (χ0) is 12.1. The Morgan fingerprint density at radius 2 is 2.38 bits per heavy atom. The van der Waals surface area contributed by atoms with E-state index in [2.05, 4.69) is 17.2 Å². The third-order valence-electron chi connectivity index (χ3n) is 2.64. The molecule has 0 aliphatic carbocycles. The van der Waals surface area contributed by atoms with E-state index < -0.39 is 0 Å². The highest BCUT2D eigenvalue weighted by Gasteiger charge is 2.13. The van der Waals surface area contributed by atoms with Gasteiger partial charge in [0.05, 0.1) is 17.7 Å². The van der Waals surface area contributed by atoms with Crippen molar-refractivity contribution in [3.8, 4) is 0 Å². The summed E-state index contributed by atoms with van der Waals surface area (Å²) < 4.78 is 0. The number of hydrogen-bond acceptors (Lipinski definition) is 4. The van der Waals surface area contributed by atoms with Crippen LogP contribution in [0, 0.1) is 6.92 Å². The first-order valence-corrected chi connectivity index (χ1v) is 6.31. The molecule has 1 aromatic rings. The van der Waals surface area contributed by atoms with Gasteiger partial charge >= 0.3 is 0 Å². The number of carbonyl (C=O) groups excluding carboxylic acids is 1. The molecule has 5 heteroatoms. The van der Waals surface area contributed by atoms with Crippen LogP contribution in [0.5, 0.6) is 0 Å². The van der Waals surface area contributed by atoms with Crippen molar-refractivity contribution in [1.82, 2.24) is 15.2 Å². The molecule has 4 nitrogen and oxygen atoms in total. The molecule has 0 saturated carbocycles. The predicted octanol–water partition coefficient (Wildman–Crippen LogP) is 1.58. The van der Waals surface area contributed by atoms with Crippen molar-refractivity contribution in [2.24, 2.45) is 0 Å². The highest BCUT2D eigenvalue weighted by molar-refractivity contribution is 7.09. The predicted molar refractivity (Wildman–Crippen MR) is 66.6 cm³/mol. The number of nitrogens with zero attached hydrogens (tertiary/aromatic N) is 2. The highest BCUT2D eigenvalue weighted by Crippen LogP contribution is 2.20. The average Bonchev–Trinajstić information content (AvgIpc) is 2.70. The molecule has 16 heavy (non-hydrogen) atoms. The van der Waals surface area contributed by atoms with E-state index in [1.807, 2.05) is 26.4 Å². The van der Waals surface area contributed by atoms with Crippen molar-refractivity contribution in [2.45, 2.75) is 26.8 Å². The van der Waals surface area contributed by atoms with Crippen LogP contribution in [0.1, 0.15) is 30.5 Å². The molecular formula is C11H19N3OS. The fourth-order valence-corrected chi connectivity index (χ4v) is 2.21. The van der Waals surface area contributed by atoms with E-state index >= 15 is 0 Å². The Morgan fingerprint density at radius 1 is 1.69 bits per heavy atom. The van der Waals surface area contributed by atoms with Crippen molar-refractivity contribution in [3.05, 3.63) is 16.1 Å². The van der Waals surface area contributed by atoms with Crippen molar-refractivity contribution in [3.63, 3.8) is 0 Å². The number of rotatable bonds is 5. The monoisotopic (exact) mass is 241 g/mol. The van der Waals surface area contributed by atoms with Gasteiger partial charge in [0, 0.05) is 24.5 Å². The van der Waals surface area contributed by atoms with Crippen molar-refractivity contribution in [1.29, 1.82) is 0 Å². The topological polar surface area (TPSA) is 45.2 Å². The molecule has 90 valence electrons. The number of likely N-dealkylation sites (N-methyl/N-ethyl adjacent to an activating group) is 1. The summed E-state index contributed by atoms with van der Waals surface area (Å²) in [5.41, 5.74) is 2.88. The average molecular weight is 241 g/mol. The van der Waals surface area contributed by atoms with Crippen LogP contribution in [0.25, 0.3) is 0 Å². The first kappa shape index (κ1) is 13.1. The van der Waals surface area contributed by atoms with Crippen LogP contribution in [0.4, 0.5) is 0 Å². The number of nitrogens with one attached hydrogen (secondary N) is 1. The highest BCUT2D eigenvalue weighted by atomic mass is 32.1. The molecule has 1 N–H and O–H groups in total. The zero-order valence-electron chi connectivity index (χ0n) is 10.3. The molecule has 0 fully saturated rings. The number of thiazole rings is 1. The standard InChI is InChI=1S/C11H19N3OS/c1-5-14(4)10(15)6-12-8(2)11-9(3)13-7-16-11/h7-8,12H,5-6H2,1-4H3. The van der Waals surface area contributed by atoms with Crippen LogP contribution in [-0.4, -0.2) is 35.9 Å². The molecule has 1 atom stereocenters. The molecule has 1 amide bonds. The van der Waals surface area contributed by atoms with E-state index in [0.29, 0.717) is 6.54 Å². The molecule has 0 saturated heterocycles. The molecule has 1 heterocycles. The van der Waals surface area contributed by atoms with Gasteiger partial charge in [0.15, 0.2) is 0 Å². The Balaban J connectivity index is 2.45. The van der Waals surface area contributed by atoms with E-state index in [-0.39, 0.29) is 11.9 Å². The molecular weight excluding hydrogens is 222 g/mol. The molecule has 0 radical (unpaired) electrons. The van der Waals surface area contributed by atoms with Crippen LogP contribution in [0.15, 0.2) is 5.51 Å². The Kier molecular flexibility index (Phi) is 4.89. The Morgan fingerprint density at radius 3 is 2.88 bits per heavy atom. The molecule has 1 aromatic heterocycles. The largest absolute Gasteiger partial charge is 0.345 e. The Hall–Kier alpha value is -0.940. The molecule has 0 aliphatic rings. The van der Waals surface area contributed by atoms with E-state index in [1.165, 1.54) is 4.88 Å². The fraction of sp³-hybridized carbons (Fsp3) is 0.636. The van der Waals surface area contributed by atoms with Crippen LogP contribution in [-0.2, 0) is 4.79 Å². The molecule has 1 rings (SSSR count). The van der Waals surface area contributed by atoms with Crippen LogP contribution >= 0.6 is 11.3 Å². The lowest BCUT2D eigenvalue weighted by atomic mass is 10.2. The van der Waals surface area contributed by atoms with Crippen molar-refractivity contribution >= 4 is 17.2 Å². The Bertz CT molecular complexity index is 351. The zero-order valence-corrected chi connectivity index (χ0v) is 11.1. The van der Waals surface area contributed by atoms with Gasteiger partial charge < -0.3 is 10.2 Å². The first-order valence-electron chi connectivity index (χ1n) is 5.43. The summed E-state index contributed by atoms with van der Waals surface area (Å²) in [6.45, 7) is 7.13. The van der Waals surface area contributed by atoms with E-state index in [9.17, 15) is 4.79 Å². The molecule has 0 aliphatic heterocycles. The van der Waals surface area contributed by atoms with Gasteiger partial charge in [0.25, 0.3) is 0 Å². The maximum absolute atomic E-state index is 11.6. The first-order chi connectivity index (χ1) is 7.56. The summed E-state index contributed by atoms with van der Waals surface area (Å²) in [6, 6.07) is 0.182. The van der Waals surface area contributed by atoms with Gasteiger partial charge in [0.2, 0.25) is 5.91 Å². The summed E-state index contributed by atoms with van der Waals surface area (Å²) in [7, 11) is 1.81. The van der Waals surface area contributed by atoms with Crippen LogP contribution < -0.4 is 5.32 Å². The number of amides is 1. The van der Waals surface area contributed by atoms with E-state index in [0.717, 1.165) is 12.2 Å². The van der Waals surface area contributed by atoms with E-state index in [4.69, 9.17) is 0 Å². The fourth-order valence-electron chi connectivity index (χ4n) is 1.37. The number of aromatic nitrogens is 1.